The molecule has 3 amide bonds. The highest BCUT2D eigenvalue weighted by Gasteiger charge is 2.35. The maximum Gasteiger partial charge on any atom is 0.418 e. The molecule has 1 aromatic carbocycles. The first kappa shape index (κ1) is 24.0. The Hall–Kier alpha value is -2.27. The summed E-state index contributed by atoms with van der Waals surface area (Å²) in [7, 11) is 1.48. The van der Waals surface area contributed by atoms with E-state index in [1.165, 1.54) is 26.2 Å². The topological polar surface area (TPSA) is 114 Å². The second kappa shape index (κ2) is 10.2. The summed E-state index contributed by atoms with van der Waals surface area (Å²) in [6, 6.07) is 3.97. The van der Waals surface area contributed by atoms with Crippen LogP contribution in [-0.2, 0) is 14.4 Å². The van der Waals surface area contributed by atoms with Crippen LogP contribution in [0.5, 0.6) is 5.75 Å². The van der Waals surface area contributed by atoms with Crippen LogP contribution in [0.25, 0.3) is 0 Å². The lowest BCUT2D eigenvalue weighted by atomic mass is 10.1. The summed E-state index contributed by atoms with van der Waals surface area (Å²) in [6.07, 6.45) is -1.53. The summed E-state index contributed by atoms with van der Waals surface area (Å²) in [5, 5.41) is 0.596. The van der Waals surface area contributed by atoms with Crippen molar-refractivity contribution in [2.45, 2.75) is 23.2 Å². The fourth-order valence-corrected chi connectivity index (χ4v) is 2.67. The zero-order chi connectivity index (χ0) is 22.5. The van der Waals surface area contributed by atoms with Crippen LogP contribution in [-0.4, -0.2) is 64.0 Å². The van der Waals surface area contributed by atoms with E-state index in [1.807, 2.05) is 0 Å². The van der Waals surface area contributed by atoms with Gasteiger partial charge in [0.25, 0.3) is 0 Å². The van der Waals surface area contributed by atoms with E-state index in [1.54, 1.807) is 12.1 Å². The minimum atomic E-state index is -1.95. The summed E-state index contributed by atoms with van der Waals surface area (Å²) in [5.74, 6) is -1.01. The number of urea groups is 1. The number of imide groups is 1. The van der Waals surface area contributed by atoms with E-state index >= 15 is 0 Å². The van der Waals surface area contributed by atoms with Crippen LogP contribution in [0.3, 0.4) is 0 Å². The standard InChI is InChI=1S/C17H18Cl3N3O7/c1-10(14(25)11-3-5-12(28-2)6-4-11)23(30-13(24)9-17(18,19)20)21-15(26)22-7-8-29-16(22)27/h3-6,10H,7-9H2,1-2H3,(H,21,26). The van der Waals surface area contributed by atoms with Gasteiger partial charge >= 0.3 is 18.1 Å². The summed E-state index contributed by atoms with van der Waals surface area (Å²) in [4.78, 5) is 54.6. The summed E-state index contributed by atoms with van der Waals surface area (Å²) in [6.45, 7) is 1.37. The molecule has 1 aliphatic rings. The highest BCUT2D eigenvalue weighted by molar-refractivity contribution is 6.68. The third-order valence-corrected chi connectivity index (χ3v) is 4.26. The number of hydroxylamine groups is 1. The third-order valence-electron chi connectivity index (χ3n) is 3.86. The van der Waals surface area contributed by atoms with Crippen molar-refractivity contribution >= 4 is 58.7 Å². The van der Waals surface area contributed by atoms with Crippen LogP contribution in [0.15, 0.2) is 24.3 Å². The van der Waals surface area contributed by atoms with Crippen LogP contribution in [0, 0.1) is 0 Å². The highest BCUT2D eigenvalue weighted by atomic mass is 35.6. The van der Waals surface area contributed by atoms with Gasteiger partial charge in [-0.05, 0) is 36.4 Å². The lowest BCUT2D eigenvalue weighted by Gasteiger charge is -2.28. The number of amides is 3. The second-order valence-corrected chi connectivity index (χ2v) is 8.55. The predicted octanol–water partition coefficient (Wildman–Crippen LogP) is 2.86. The number of hydrazine groups is 1. The molecule has 0 aromatic heterocycles. The Labute approximate surface area is 186 Å². The van der Waals surface area contributed by atoms with E-state index in [0.717, 1.165) is 4.90 Å². The normalized spacial score (nSPS) is 14.9. The molecule has 0 radical (unpaired) electrons. The molecule has 0 bridgehead atoms. The second-order valence-electron chi connectivity index (χ2n) is 6.03. The number of benzene rings is 1. The maximum atomic E-state index is 12.8. The van der Waals surface area contributed by atoms with Gasteiger partial charge in [-0.25, -0.2) is 19.9 Å². The summed E-state index contributed by atoms with van der Waals surface area (Å²) in [5.41, 5.74) is 2.43. The SMILES string of the molecule is COc1ccc(C(=O)C(C)N(NC(=O)N2CCOC2=O)OC(=O)CC(Cl)(Cl)Cl)cc1. The fraction of sp³-hybridized carbons (Fsp3) is 0.412. The zero-order valence-corrected chi connectivity index (χ0v) is 18.2. The highest BCUT2D eigenvalue weighted by Crippen LogP contribution is 2.30. The molecule has 164 valence electrons. The van der Waals surface area contributed by atoms with E-state index in [2.05, 4.69) is 10.2 Å². The molecule has 1 fully saturated rings. The minimum absolute atomic E-state index is 0.0125. The Bertz CT molecular complexity index is 814. The van der Waals surface area contributed by atoms with Gasteiger partial charge < -0.3 is 14.3 Å². The molecule has 13 heteroatoms. The smallest absolute Gasteiger partial charge is 0.418 e. The van der Waals surface area contributed by atoms with Crippen molar-refractivity contribution in [2.75, 3.05) is 20.3 Å². The van der Waals surface area contributed by atoms with E-state index in [0.29, 0.717) is 10.9 Å². The average molecular weight is 483 g/mol. The lowest BCUT2D eigenvalue weighted by molar-refractivity contribution is -0.208. The first-order valence-corrected chi connectivity index (χ1v) is 9.65. The number of Topliss-reactive ketones (excluding diaryl/α,β-unsaturated/α-hetero) is 1. The Kier molecular flexibility index (Phi) is 8.13. The van der Waals surface area contributed by atoms with Gasteiger partial charge in [-0.15, -0.1) is 0 Å². The van der Waals surface area contributed by atoms with Gasteiger partial charge in [0.1, 0.15) is 18.4 Å². The Morgan fingerprint density at radius 3 is 2.40 bits per heavy atom. The van der Waals surface area contributed by atoms with Crippen LogP contribution in [0.4, 0.5) is 9.59 Å². The van der Waals surface area contributed by atoms with Gasteiger partial charge in [0, 0.05) is 5.56 Å². The number of hydrogen-bond acceptors (Lipinski definition) is 8. The predicted molar refractivity (Wildman–Crippen MR) is 106 cm³/mol. The van der Waals surface area contributed by atoms with Gasteiger partial charge in [0.15, 0.2) is 5.78 Å². The number of cyclic esters (lactones) is 1. The number of carbonyl (C=O) groups excluding carboxylic acids is 4. The van der Waals surface area contributed by atoms with Crippen molar-refractivity contribution in [3.05, 3.63) is 29.8 Å². The summed E-state index contributed by atoms with van der Waals surface area (Å²) < 4.78 is 7.77. The number of hydrogen-bond donors (Lipinski definition) is 1. The third kappa shape index (κ3) is 6.63. The van der Waals surface area contributed by atoms with E-state index in [-0.39, 0.29) is 18.7 Å². The molecule has 1 atom stereocenters. The molecule has 0 spiro atoms. The molecule has 1 saturated heterocycles. The monoisotopic (exact) mass is 481 g/mol. The zero-order valence-electron chi connectivity index (χ0n) is 15.9. The number of nitrogens with zero attached hydrogens (tertiary/aromatic N) is 2. The number of methoxy groups -OCH3 is 1. The van der Waals surface area contributed by atoms with Crippen molar-refractivity contribution < 1.29 is 33.5 Å². The van der Waals surface area contributed by atoms with Crippen LogP contribution in [0.2, 0.25) is 0 Å². The van der Waals surface area contributed by atoms with Gasteiger partial charge in [-0.1, -0.05) is 34.8 Å². The first-order chi connectivity index (χ1) is 14.0. The van der Waals surface area contributed by atoms with Crippen LogP contribution < -0.4 is 10.2 Å². The quantitative estimate of drug-likeness (QED) is 0.358. The molecule has 1 N–H and O–H groups in total. The van der Waals surface area contributed by atoms with Crippen molar-refractivity contribution in [3.8, 4) is 5.75 Å². The van der Waals surface area contributed by atoms with Gasteiger partial charge in [-0.3, -0.25) is 9.59 Å². The molecule has 1 heterocycles. The maximum absolute atomic E-state index is 12.8. The van der Waals surface area contributed by atoms with Crippen molar-refractivity contribution in [1.82, 2.24) is 15.5 Å². The number of rotatable bonds is 7. The first-order valence-electron chi connectivity index (χ1n) is 8.52. The molecular weight excluding hydrogens is 465 g/mol. The largest absolute Gasteiger partial charge is 0.497 e. The van der Waals surface area contributed by atoms with Crippen molar-refractivity contribution in [1.29, 1.82) is 0 Å². The molecule has 2 rings (SSSR count). The van der Waals surface area contributed by atoms with Crippen molar-refractivity contribution in [2.24, 2.45) is 0 Å². The van der Waals surface area contributed by atoms with Gasteiger partial charge in [-0.2, -0.15) is 0 Å². The minimum Gasteiger partial charge on any atom is -0.497 e. The Morgan fingerprint density at radius 1 is 1.27 bits per heavy atom. The fourth-order valence-electron chi connectivity index (χ4n) is 2.34. The van der Waals surface area contributed by atoms with E-state index in [4.69, 9.17) is 44.4 Å². The number of ether oxygens (including phenoxy) is 2. The Morgan fingerprint density at radius 2 is 1.90 bits per heavy atom. The van der Waals surface area contributed by atoms with Crippen LogP contribution in [0.1, 0.15) is 23.7 Å². The van der Waals surface area contributed by atoms with Crippen LogP contribution >= 0.6 is 34.8 Å². The van der Waals surface area contributed by atoms with Gasteiger partial charge in [0.2, 0.25) is 3.79 Å². The molecule has 0 saturated carbocycles. The number of ketones is 1. The molecular formula is C17H18Cl3N3O7. The van der Waals surface area contributed by atoms with Gasteiger partial charge in [0.05, 0.1) is 20.1 Å². The number of alkyl halides is 3. The number of halogens is 3. The van der Waals surface area contributed by atoms with E-state index in [9.17, 15) is 19.2 Å². The molecule has 30 heavy (non-hydrogen) atoms. The number of nitrogens with one attached hydrogen (secondary N) is 1. The average Bonchev–Trinajstić information content (AvgIpc) is 3.11. The van der Waals surface area contributed by atoms with E-state index < -0.39 is 40.1 Å². The molecule has 1 aromatic rings. The number of carbonyl (C=O) groups is 4. The molecule has 10 nitrogen and oxygen atoms in total. The molecule has 1 aliphatic heterocycles. The molecule has 0 aliphatic carbocycles. The lowest BCUT2D eigenvalue weighted by Crippen LogP contribution is -2.55. The molecule has 1 unspecified atom stereocenters. The van der Waals surface area contributed by atoms with Crippen molar-refractivity contribution in [3.63, 3.8) is 0 Å². The Balaban J connectivity index is 2.19. The summed E-state index contributed by atoms with van der Waals surface area (Å²) >= 11 is 16.7.